The van der Waals surface area contributed by atoms with Crippen LogP contribution in [0.5, 0.6) is 11.5 Å². The number of anilines is 2. The zero-order chi connectivity index (χ0) is 31.3. The zero-order valence-corrected chi connectivity index (χ0v) is 24.0. The quantitative estimate of drug-likeness (QED) is 0.218. The average molecular weight is 634 g/mol. The highest BCUT2D eigenvalue weighted by Gasteiger charge is 2.49. The van der Waals surface area contributed by atoms with Gasteiger partial charge in [-0.05, 0) is 36.4 Å². The summed E-state index contributed by atoms with van der Waals surface area (Å²) < 4.78 is 73.0. The molecule has 230 valence electrons. The standard InChI is InChI=1S/C29H24ClF4N5O5/c1-37-24(22-18(31)9-17(42-2)10-19(22)32)23(36-26(40)15-3-5-16(6-4-15)44-28(33)34)27(41)39(37)25-20(7-8-21(30)35-25)38-11-29(12-38)13-43-14-29/h3-10,28H,11-14H2,1-2H3,(H,36,40). The molecule has 0 saturated carbocycles. The molecule has 44 heavy (non-hydrogen) atoms. The number of halogens is 5. The molecule has 10 nitrogen and oxygen atoms in total. The Hall–Kier alpha value is -4.56. The molecule has 4 heterocycles. The maximum absolute atomic E-state index is 15.5. The fourth-order valence-corrected chi connectivity index (χ4v) is 5.58. The van der Waals surface area contributed by atoms with E-state index in [0.717, 1.165) is 28.9 Å². The third-order valence-corrected chi connectivity index (χ3v) is 7.78. The topological polar surface area (TPSA) is 99.8 Å². The van der Waals surface area contributed by atoms with Crippen LogP contribution in [0.1, 0.15) is 10.4 Å². The van der Waals surface area contributed by atoms with Crippen LogP contribution in [0.15, 0.2) is 53.3 Å². The van der Waals surface area contributed by atoms with E-state index in [0.29, 0.717) is 32.0 Å². The van der Waals surface area contributed by atoms with Crippen LogP contribution in [0, 0.1) is 17.0 Å². The van der Waals surface area contributed by atoms with Gasteiger partial charge in [-0.25, -0.2) is 13.8 Å². The Morgan fingerprint density at radius 1 is 1.07 bits per heavy atom. The van der Waals surface area contributed by atoms with Crippen LogP contribution in [-0.4, -0.2) is 60.3 Å². The molecule has 0 aliphatic carbocycles. The van der Waals surface area contributed by atoms with Crippen molar-refractivity contribution in [1.29, 1.82) is 0 Å². The molecule has 2 aromatic heterocycles. The SMILES string of the molecule is COc1cc(F)c(-c2c(NC(=O)c3ccc(OC(F)F)cc3)c(=O)n(-c3nc(Cl)ccc3N3CC4(COC4)C3)n2C)c(F)c1. The molecule has 1 amide bonds. The van der Waals surface area contributed by atoms with E-state index in [-0.39, 0.29) is 39.1 Å². The summed E-state index contributed by atoms with van der Waals surface area (Å²) in [7, 11) is 2.63. The van der Waals surface area contributed by atoms with Crippen molar-refractivity contribution in [3.05, 3.63) is 81.2 Å². The van der Waals surface area contributed by atoms with E-state index in [9.17, 15) is 18.4 Å². The van der Waals surface area contributed by atoms with Crippen molar-refractivity contribution in [2.24, 2.45) is 12.5 Å². The number of methoxy groups -OCH3 is 1. The fraction of sp³-hybridized carbons (Fsp3) is 0.276. The number of carbonyl (C=O) groups is 1. The van der Waals surface area contributed by atoms with E-state index < -0.39 is 41.0 Å². The molecule has 0 unspecified atom stereocenters. The van der Waals surface area contributed by atoms with Crippen LogP contribution < -0.4 is 25.2 Å². The number of nitrogens with one attached hydrogen (secondary N) is 1. The maximum Gasteiger partial charge on any atom is 0.387 e. The zero-order valence-electron chi connectivity index (χ0n) is 23.2. The second-order valence-corrected chi connectivity index (χ2v) is 10.9. The smallest absolute Gasteiger partial charge is 0.387 e. The van der Waals surface area contributed by atoms with E-state index in [1.54, 1.807) is 12.1 Å². The first kappa shape index (κ1) is 29.5. The first-order chi connectivity index (χ1) is 21.0. The number of carbonyl (C=O) groups excluding carboxylic acids is 1. The van der Waals surface area contributed by atoms with Gasteiger partial charge in [0.25, 0.3) is 11.5 Å². The van der Waals surface area contributed by atoms with Crippen LogP contribution in [0.4, 0.5) is 28.9 Å². The maximum atomic E-state index is 15.5. The first-order valence-corrected chi connectivity index (χ1v) is 13.6. The predicted molar refractivity (Wildman–Crippen MR) is 152 cm³/mol. The largest absolute Gasteiger partial charge is 0.497 e. The van der Waals surface area contributed by atoms with Gasteiger partial charge in [-0.3, -0.25) is 14.3 Å². The van der Waals surface area contributed by atoms with Crippen molar-refractivity contribution >= 4 is 28.9 Å². The van der Waals surface area contributed by atoms with Gasteiger partial charge in [-0.2, -0.15) is 13.5 Å². The molecular weight excluding hydrogens is 610 g/mol. The molecule has 15 heteroatoms. The monoisotopic (exact) mass is 633 g/mol. The summed E-state index contributed by atoms with van der Waals surface area (Å²) >= 11 is 6.25. The molecule has 4 aromatic rings. The fourth-order valence-electron chi connectivity index (χ4n) is 5.44. The van der Waals surface area contributed by atoms with Crippen molar-refractivity contribution in [1.82, 2.24) is 14.3 Å². The van der Waals surface area contributed by atoms with E-state index in [2.05, 4.69) is 15.0 Å². The Labute approximate surface area is 252 Å². The molecule has 0 bridgehead atoms. The summed E-state index contributed by atoms with van der Waals surface area (Å²) in [6.45, 7) is -0.591. The third kappa shape index (κ3) is 5.13. The summed E-state index contributed by atoms with van der Waals surface area (Å²) in [5.41, 5.74) is -1.75. The summed E-state index contributed by atoms with van der Waals surface area (Å²) in [6, 6.07) is 9.81. The van der Waals surface area contributed by atoms with E-state index in [4.69, 9.17) is 21.1 Å². The molecule has 2 saturated heterocycles. The van der Waals surface area contributed by atoms with Gasteiger partial charge >= 0.3 is 6.61 Å². The molecule has 2 aromatic carbocycles. The van der Waals surface area contributed by atoms with Crippen LogP contribution >= 0.6 is 11.6 Å². The summed E-state index contributed by atoms with van der Waals surface area (Å²) in [5, 5.41) is 2.51. The highest BCUT2D eigenvalue weighted by molar-refractivity contribution is 6.29. The van der Waals surface area contributed by atoms with E-state index in [1.807, 2.05) is 4.90 Å². The van der Waals surface area contributed by atoms with Crippen LogP contribution in [0.2, 0.25) is 5.15 Å². The average Bonchev–Trinajstić information content (AvgIpc) is 3.16. The van der Waals surface area contributed by atoms with Crippen molar-refractivity contribution in [3.8, 4) is 28.6 Å². The molecule has 0 atom stereocenters. The van der Waals surface area contributed by atoms with Gasteiger partial charge < -0.3 is 24.4 Å². The Kier molecular flexibility index (Phi) is 7.49. The van der Waals surface area contributed by atoms with Crippen molar-refractivity contribution < 1.29 is 36.6 Å². The number of rotatable bonds is 8. The minimum atomic E-state index is -3.07. The highest BCUT2D eigenvalue weighted by Crippen LogP contribution is 2.42. The van der Waals surface area contributed by atoms with Gasteiger partial charge in [-0.1, -0.05) is 11.6 Å². The number of ether oxygens (including phenoxy) is 3. The Morgan fingerprint density at radius 3 is 2.30 bits per heavy atom. The summed E-state index contributed by atoms with van der Waals surface area (Å²) in [5.74, 6) is -3.20. The van der Waals surface area contributed by atoms with Crippen molar-refractivity contribution in [2.75, 3.05) is 43.6 Å². The second-order valence-electron chi connectivity index (χ2n) is 10.5. The lowest BCUT2D eigenvalue weighted by Gasteiger charge is -2.56. The normalized spacial score (nSPS) is 15.2. The van der Waals surface area contributed by atoms with E-state index in [1.165, 1.54) is 31.0 Å². The lowest BCUT2D eigenvalue weighted by Crippen LogP contribution is -2.66. The van der Waals surface area contributed by atoms with Crippen LogP contribution in [0.3, 0.4) is 0 Å². The molecule has 2 aliphatic rings. The van der Waals surface area contributed by atoms with Gasteiger partial charge in [0.2, 0.25) is 0 Å². The molecule has 2 fully saturated rings. The van der Waals surface area contributed by atoms with Gasteiger partial charge in [0.05, 0.1) is 37.0 Å². The molecule has 0 radical (unpaired) electrons. The van der Waals surface area contributed by atoms with Gasteiger partial charge in [0.1, 0.15) is 39.7 Å². The van der Waals surface area contributed by atoms with Crippen LogP contribution in [-0.2, 0) is 11.8 Å². The van der Waals surface area contributed by atoms with Crippen molar-refractivity contribution in [2.45, 2.75) is 6.61 Å². The number of benzene rings is 2. The minimum Gasteiger partial charge on any atom is -0.497 e. The number of amides is 1. The number of aromatic nitrogens is 3. The molecule has 1 spiro atoms. The Bertz CT molecular complexity index is 1790. The summed E-state index contributed by atoms with van der Waals surface area (Å²) in [6.07, 6.45) is 0. The van der Waals surface area contributed by atoms with Crippen LogP contribution in [0.25, 0.3) is 17.1 Å². The number of alkyl halides is 2. The lowest BCUT2D eigenvalue weighted by atomic mass is 9.78. The number of nitrogens with zero attached hydrogens (tertiary/aromatic N) is 4. The molecular formula is C29H24ClF4N5O5. The summed E-state index contributed by atoms with van der Waals surface area (Å²) in [4.78, 5) is 33.7. The van der Waals surface area contributed by atoms with E-state index >= 15 is 8.78 Å². The minimum absolute atomic E-state index is 0.00558. The van der Waals surface area contributed by atoms with Gasteiger partial charge in [-0.15, -0.1) is 0 Å². The highest BCUT2D eigenvalue weighted by atomic mass is 35.5. The first-order valence-electron chi connectivity index (χ1n) is 13.2. The molecule has 1 N–H and O–H groups in total. The van der Waals surface area contributed by atoms with Crippen molar-refractivity contribution in [3.63, 3.8) is 0 Å². The molecule has 6 rings (SSSR count). The predicted octanol–water partition coefficient (Wildman–Crippen LogP) is 4.87. The second kappa shape index (κ2) is 11.2. The number of pyridine rings is 1. The number of hydrogen-bond acceptors (Lipinski definition) is 7. The third-order valence-electron chi connectivity index (χ3n) is 7.57. The lowest BCUT2D eigenvalue weighted by molar-refractivity contribution is -0.127. The van der Waals surface area contributed by atoms with Gasteiger partial charge in [0, 0.05) is 37.8 Å². The Morgan fingerprint density at radius 2 is 1.73 bits per heavy atom. The molecule has 2 aliphatic heterocycles. The number of hydrogen-bond donors (Lipinski definition) is 1. The van der Waals surface area contributed by atoms with Gasteiger partial charge in [0.15, 0.2) is 5.82 Å². The Balaban J connectivity index is 1.48.